The maximum absolute atomic E-state index is 13.2. The van der Waals surface area contributed by atoms with Gasteiger partial charge in [0, 0.05) is 12.6 Å². The Morgan fingerprint density at radius 2 is 1.86 bits per heavy atom. The summed E-state index contributed by atoms with van der Waals surface area (Å²) in [5.74, 6) is -0.530. The molecule has 0 aliphatic carbocycles. The molecule has 3 aromatic rings. The summed E-state index contributed by atoms with van der Waals surface area (Å²) in [6.07, 6.45) is 1.44. The van der Waals surface area contributed by atoms with E-state index in [4.69, 9.17) is 30.2 Å². The number of ether oxygens (including phenoxy) is 3. The highest BCUT2D eigenvalue weighted by atomic mass is 35.5. The number of carbonyl (C=O) groups excluding carboxylic acids is 2. The van der Waals surface area contributed by atoms with Crippen LogP contribution in [0, 0.1) is 0 Å². The minimum atomic E-state index is -0.966. The van der Waals surface area contributed by atoms with E-state index in [1.165, 1.54) is 37.5 Å². The fourth-order valence-corrected chi connectivity index (χ4v) is 4.31. The molecule has 182 valence electrons. The molecule has 1 amide bonds. The molecule has 1 aromatic heterocycles. The smallest absolute Gasteiger partial charge is 0.296 e. The molecule has 4 rings (SSSR count). The summed E-state index contributed by atoms with van der Waals surface area (Å²) >= 11 is 6.28. The molecule has 2 aromatic carbocycles. The van der Waals surface area contributed by atoms with Crippen molar-refractivity contribution >= 4 is 29.1 Å². The molecule has 1 aliphatic rings. The van der Waals surface area contributed by atoms with Crippen LogP contribution >= 0.6 is 11.6 Å². The molecule has 0 spiro atoms. The maximum Gasteiger partial charge on any atom is 0.296 e. The molecule has 0 bridgehead atoms. The lowest BCUT2D eigenvalue weighted by molar-refractivity contribution is -0.140. The lowest BCUT2D eigenvalue weighted by Gasteiger charge is -2.23. The van der Waals surface area contributed by atoms with Crippen LogP contribution in [0.25, 0.3) is 5.76 Å². The van der Waals surface area contributed by atoms with Crippen molar-refractivity contribution in [2.45, 2.75) is 19.5 Å². The van der Waals surface area contributed by atoms with Gasteiger partial charge in [-0.3, -0.25) is 9.59 Å². The van der Waals surface area contributed by atoms with Gasteiger partial charge in [-0.15, -0.1) is 0 Å². The van der Waals surface area contributed by atoms with Gasteiger partial charge in [0.1, 0.15) is 34.8 Å². The van der Waals surface area contributed by atoms with Crippen LogP contribution in [0.1, 0.15) is 29.9 Å². The number of furan rings is 1. The Balaban J connectivity index is 1.84. The standard InChI is InChI=1S/C26H24ClNO7/c1-4-34-16-8-5-7-15(11-16)14-28-23(19-9-6-10-35-19)22(25(30)26(28)31)24(29)17-12-18(27)21(33-3)13-20(17)32-2/h5-13,23,29H,4,14H2,1-3H3/b24-22-. The summed E-state index contributed by atoms with van der Waals surface area (Å²) < 4.78 is 21.7. The number of methoxy groups -OCH3 is 2. The molecule has 35 heavy (non-hydrogen) atoms. The van der Waals surface area contributed by atoms with Crippen molar-refractivity contribution in [2.24, 2.45) is 0 Å². The number of benzene rings is 2. The van der Waals surface area contributed by atoms with Crippen LogP contribution in [0.15, 0.2) is 64.8 Å². The van der Waals surface area contributed by atoms with Gasteiger partial charge in [0.25, 0.3) is 11.7 Å². The number of likely N-dealkylation sites (tertiary alicyclic amines) is 1. The third kappa shape index (κ3) is 4.57. The van der Waals surface area contributed by atoms with E-state index in [2.05, 4.69) is 0 Å². The van der Waals surface area contributed by atoms with E-state index in [-0.39, 0.29) is 28.5 Å². The van der Waals surface area contributed by atoms with Crippen molar-refractivity contribution in [1.82, 2.24) is 4.90 Å². The SMILES string of the molecule is CCOc1cccc(CN2C(=O)C(=O)/C(=C(\O)c3cc(Cl)c(OC)cc3OC)C2c2ccco2)c1. The highest BCUT2D eigenvalue weighted by molar-refractivity contribution is 6.46. The second-order valence-corrected chi connectivity index (χ2v) is 8.12. The number of rotatable bonds is 8. The topological polar surface area (TPSA) is 98.4 Å². The van der Waals surface area contributed by atoms with Gasteiger partial charge in [-0.1, -0.05) is 23.7 Å². The van der Waals surface area contributed by atoms with E-state index in [0.29, 0.717) is 23.9 Å². The first-order valence-electron chi connectivity index (χ1n) is 10.8. The molecule has 1 N–H and O–H groups in total. The first-order chi connectivity index (χ1) is 16.9. The molecular formula is C26H24ClNO7. The van der Waals surface area contributed by atoms with Gasteiger partial charge in [0.15, 0.2) is 0 Å². The van der Waals surface area contributed by atoms with Crippen molar-refractivity contribution in [1.29, 1.82) is 0 Å². The first kappa shape index (κ1) is 24.2. The van der Waals surface area contributed by atoms with Gasteiger partial charge >= 0.3 is 0 Å². The molecule has 2 heterocycles. The van der Waals surface area contributed by atoms with Gasteiger partial charge in [0.05, 0.1) is 43.2 Å². The second kappa shape index (κ2) is 10.1. The van der Waals surface area contributed by atoms with Crippen molar-refractivity contribution in [2.75, 3.05) is 20.8 Å². The molecular weight excluding hydrogens is 474 g/mol. The van der Waals surface area contributed by atoms with E-state index < -0.39 is 23.5 Å². The Bertz CT molecular complexity index is 1280. The zero-order chi connectivity index (χ0) is 25.1. The quantitative estimate of drug-likeness (QED) is 0.266. The van der Waals surface area contributed by atoms with Crippen LogP contribution in [0.5, 0.6) is 17.2 Å². The summed E-state index contributed by atoms with van der Waals surface area (Å²) in [7, 11) is 2.86. The van der Waals surface area contributed by atoms with Crippen LogP contribution in [-0.2, 0) is 16.1 Å². The van der Waals surface area contributed by atoms with E-state index >= 15 is 0 Å². The Morgan fingerprint density at radius 1 is 1.09 bits per heavy atom. The Kier molecular flexibility index (Phi) is 7.02. The molecule has 1 fully saturated rings. The first-order valence-corrected chi connectivity index (χ1v) is 11.2. The number of ketones is 1. The zero-order valence-electron chi connectivity index (χ0n) is 19.4. The van der Waals surface area contributed by atoms with Crippen LogP contribution in [0.3, 0.4) is 0 Å². The fourth-order valence-electron chi connectivity index (χ4n) is 4.07. The van der Waals surface area contributed by atoms with Gasteiger partial charge in [0.2, 0.25) is 0 Å². The number of aliphatic hydroxyl groups excluding tert-OH is 1. The Labute approximate surface area is 207 Å². The lowest BCUT2D eigenvalue weighted by Crippen LogP contribution is -2.29. The minimum absolute atomic E-state index is 0.0914. The summed E-state index contributed by atoms with van der Waals surface area (Å²) in [6, 6.07) is 12.5. The number of nitrogens with zero attached hydrogens (tertiary/aromatic N) is 1. The van der Waals surface area contributed by atoms with Gasteiger partial charge in [-0.2, -0.15) is 0 Å². The highest BCUT2D eigenvalue weighted by Gasteiger charge is 2.47. The normalized spacial score (nSPS) is 17.0. The Morgan fingerprint density at radius 3 is 2.51 bits per heavy atom. The molecule has 0 radical (unpaired) electrons. The van der Waals surface area contributed by atoms with Crippen molar-refractivity contribution < 1.29 is 33.3 Å². The predicted octanol–water partition coefficient (Wildman–Crippen LogP) is 4.97. The predicted molar refractivity (Wildman–Crippen MR) is 129 cm³/mol. The van der Waals surface area contributed by atoms with Gasteiger partial charge in [-0.05, 0) is 42.8 Å². The zero-order valence-corrected chi connectivity index (χ0v) is 20.2. The number of amides is 1. The van der Waals surface area contributed by atoms with E-state index in [0.717, 1.165) is 5.56 Å². The number of halogens is 1. The summed E-state index contributed by atoms with van der Waals surface area (Å²) in [4.78, 5) is 27.8. The number of hydrogen-bond acceptors (Lipinski definition) is 7. The van der Waals surface area contributed by atoms with Crippen molar-refractivity contribution in [3.63, 3.8) is 0 Å². The van der Waals surface area contributed by atoms with Crippen LogP contribution < -0.4 is 14.2 Å². The fraction of sp³-hybridized carbons (Fsp3) is 0.231. The molecule has 9 heteroatoms. The average Bonchev–Trinajstić information content (AvgIpc) is 3.47. The Hall–Kier alpha value is -3.91. The highest BCUT2D eigenvalue weighted by Crippen LogP contribution is 2.43. The average molecular weight is 498 g/mol. The lowest BCUT2D eigenvalue weighted by atomic mass is 9.98. The van der Waals surface area contributed by atoms with Crippen LogP contribution in [0.4, 0.5) is 0 Å². The number of Topliss-reactive ketones (excluding diaryl/α,β-unsaturated/α-hetero) is 1. The second-order valence-electron chi connectivity index (χ2n) is 7.71. The number of hydrogen-bond donors (Lipinski definition) is 1. The van der Waals surface area contributed by atoms with Gasteiger partial charge < -0.3 is 28.6 Å². The monoisotopic (exact) mass is 497 g/mol. The summed E-state index contributed by atoms with van der Waals surface area (Å²) in [6.45, 7) is 2.46. The van der Waals surface area contributed by atoms with E-state index in [1.807, 2.05) is 25.1 Å². The van der Waals surface area contributed by atoms with Crippen LogP contribution in [-0.4, -0.2) is 42.5 Å². The number of carbonyl (C=O) groups is 2. The molecule has 1 atom stereocenters. The summed E-state index contributed by atoms with van der Waals surface area (Å²) in [5.41, 5.74) is 0.760. The largest absolute Gasteiger partial charge is 0.507 e. The third-order valence-electron chi connectivity index (χ3n) is 5.64. The van der Waals surface area contributed by atoms with E-state index in [9.17, 15) is 14.7 Å². The molecule has 1 aliphatic heterocycles. The maximum atomic E-state index is 13.2. The molecule has 0 saturated carbocycles. The van der Waals surface area contributed by atoms with Crippen LogP contribution in [0.2, 0.25) is 5.02 Å². The molecule has 1 unspecified atom stereocenters. The van der Waals surface area contributed by atoms with Crippen molar-refractivity contribution in [3.8, 4) is 17.2 Å². The molecule has 1 saturated heterocycles. The van der Waals surface area contributed by atoms with E-state index in [1.54, 1.807) is 18.2 Å². The van der Waals surface area contributed by atoms with Gasteiger partial charge in [-0.25, -0.2) is 0 Å². The summed E-state index contributed by atoms with van der Waals surface area (Å²) in [5, 5.41) is 11.5. The third-order valence-corrected chi connectivity index (χ3v) is 5.94. The number of aliphatic hydroxyl groups is 1. The molecule has 8 nitrogen and oxygen atoms in total. The van der Waals surface area contributed by atoms with Crippen molar-refractivity contribution in [3.05, 3.63) is 82.3 Å². The minimum Gasteiger partial charge on any atom is -0.507 e.